The molecule has 2 aromatic rings. The van der Waals surface area contributed by atoms with Gasteiger partial charge in [0.05, 0.1) is 0 Å². The van der Waals surface area contributed by atoms with Crippen LogP contribution < -0.4 is 5.32 Å². The molecule has 1 N–H and O–H groups in total. The van der Waals surface area contributed by atoms with Crippen LogP contribution in [0, 0.1) is 5.82 Å². The van der Waals surface area contributed by atoms with Gasteiger partial charge in [0.15, 0.2) is 0 Å². The van der Waals surface area contributed by atoms with Gasteiger partial charge in [-0.2, -0.15) is 0 Å². The van der Waals surface area contributed by atoms with Crippen LogP contribution in [-0.2, 0) is 6.42 Å². The van der Waals surface area contributed by atoms with Crippen LogP contribution in [0.3, 0.4) is 0 Å². The highest BCUT2D eigenvalue weighted by Gasteiger charge is 2.07. The molecule has 0 amide bonds. The maximum atomic E-state index is 13.0. The number of furan rings is 1. The second-order valence-electron chi connectivity index (χ2n) is 4.79. The van der Waals surface area contributed by atoms with Crippen molar-refractivity contribution < 1.29 is 8.81 Å². The molecule has 0 spiro atoms. The van der Waals surface area contributed by atoms with Crippen LogP contribution in [0.2, 0.25) is 0 Å². The quantitative estimate of drug-likeness (QED) is 0.840. The predicted octanol–water partition coefficient (Wildman–Crippen LogP) is 3.89. The summed E-state index contributed by atoms with van der Waals surface area (Å²) in [4.78, 5) is 0. The molecule has 0 bridgehead atoms. The molecule has 0 radical (unpaired) electrons. The summed E-state index contributed by atoms with van der Waals surface area (Å²) in [5.74, 6) is 0.716. The number of halogens is 1. The van der Waals surface area contributed by atoms with Crippen molar-refractivity contribution in [3.05, 3.63) is 35.8 Å². The third-order valence-corrected chi connectivity index (χ3v) is 3.10. The second kappa shape index (κ2) is 6.01. The van der Waals surface area contributed by atoms with Crippen LogP contribution >= 0.6 is 0 Å². The Morgan fingerprint density at radius 1 is 1.33 bits per heavy atom. The van der Waals surface area contributed by atoms with Gasteiger partial charge in [-0.25, -0.2) is 4.39 Å². The molecule has 1 aromatic heterocycles. The lowest BCUT2D eigenvalue weighted by molar-refractivity contribution is 0.475. The molecular formula is C15H20FNO. The lowest BCUT2D eigenvalue weighted by atomic mass is 10.1. The second-order valence-corrected chi connectivity index (χ2v) is 4.79. The number of hydrogen-bond acceptors (Lipinski definition) is 2. The first kappa shape index (κ1) is 13.1. The molecule has 18 heavy (non-hydrogen) atoms. The molecule has 3 heteroatoms. The van der Waals surface area contributed by atoms with E-state index in [2.05, 4.69) is 19.2 Å². The number of hydrogen-bond donors (Lipinski definition) is 1. The van der Waals surface area contributed by atoms with Crippen molar-refractivity contribution in [1.82, 2.24) is 5.32 Å². The highest BCUT2D eigenvalue weighted by Crippen LogP contribution is 2.21. The van der Waals surface area contributed by atoms with Crippen LogP contribution in [0.1, 0.15) is 32.4 Å². The molecule has 0 fully saturated rings. The van der Waals surface area contributed by atoms with Crippen molar-refractivity contribution in [1.29, 1.82) is 0 Å². The molecule has 2 rings (SSSR count). The molecule has 0 saturated carbocycles. The van der Waals surface area contributed by atoms with E-state index in [0.717, 1.165) is 42.5 Å². The summed E-state index contributed by atoms with van der Waals surface area (Å²) in [6, 6.07) is 7.05. The van der Waals surface area contributed by atoms with Gasteiger partial charge in [0, 0.05) is 17.8 Å². The van der Waals surface area contributed by atoms with E-state index in [4.69, 9.17) is 4.42 Å². The van der Waals surface area contributed by atoms with Crippen molar-refractivity contribution in [3.63, 3.8) is 0 Å². The summed E-state index contributed by atoms with van der Waals surface area (Å²) in [5, 5.41) is 4.29. The van der Waals surface area contributed by atoms with Crippen LogP contribution in [-0.4, -0.2) is 12.6 Å². The zero-order valence-electron chi connectivity index (χ0n) is 11.0. The largest absolute Gasteiger partial charge is 0.461 e. The van der Waals surface area contributed by atoms with Gasteiger partial charge in [-0.15, -0.1) is 0 Å². The number of rotatable bonds is 6. The normalized spacial score (nSPS) is 13.1. The first-order valence-corrected chi connectivity index (χ1v) is 6.60. The molecule has 1 unspecified atom stereocenters. The van der Waals surface area contributed by atoms with E-state index >= 15 is 0 Å². The highest BCUT2D eigenvalue weighted by atomic mass is 19.1. The molecule has 0 aliphatic heterocycles. The first-order chi connectivity index (χ1) is 8.69. The Hall–Kier alpha value is -1.35. The van der Waals surface area contributed by atoms with Crippen molar-refractivity contribution >= 4 is 11.0 Å². The van der Waals surface area contributed by atoms with Crippen molar-refractivity contribution in [2.24, 2.45) is 0 Å². The third kappa shape index (κ3) is 3.33. The van der Waals surface area contributed by atoms with Gasteiger partial charge in [0.2, 0.25) is 0 Å². The Balaban J connectivity index is 1.95. The highest BCUT2D eigenvalue weighted by molar-refractivity contribution is 5.77. The molecule has 1 atom stereocenters. The number of nitrogens with one attached hydrogen (secondary N) is 1. The Morgan fingerprint density at radius 2 is 2.17 bits per heavy atom. The topological polar surface area (TPSA) is 25.2 Å². The van der Waals surface area contributed by atoms with Gasteiger partial charge in [-0.3, -0.25) is 0 Å². The lowest BCUT2D eigenvalue weighted by Gasteiger charge is -2.11. The van der Waals surface area contributed by atoms with Crippen LogP contribution in [0.5, 0.6) is 0 Å². The molecule has 1 aromatic carbocycles. The average Bonchev–Trinajstić information content (AvgIpc) is 2.75. The molecule has 0 aliphatic rings. The van der Waals surface area contributed by atoms with Crippen molar-refractivity contribution in [3.8, 4) is 0 Å². The monoisotopic (exact) mass is 249 g/mol. The summed E-state index contributed by atoms with van der Waals surface area (Å²) < 4.78 is 18.7. The molecular weight excluding hydrogens is 229 g/mol. The molecule has 0 saturated heterocycles. The summed E-state index contributed by atoms with van der Waals surface area (Å²) in [5.41, 5.74) is 0.764. The third-order valence-electron chi connectivity index (χ3n) is 3.10. The summed E-state index contributed by atoms with van der Waals surface area (Å²) in [6.07, 6.45) is 3.06. The van der Waals surface area contributed by atoms with Gasteiger partial charge in [-0.1, -0.05) is 6.92 Å². The van der Waals surface area contributed by atoms with Gasteiger partial charge in [0.25, 0.3) is 0 Å². The van der Waals surface area contributed by atoms with Crippen LogP contribution in [0.4, 0.5) is 4.39 Å². The molecule has 0 aliphatic carbocycles. The van der Waals surface area contributed by atoms with E-state index in [0.29, 0.717) is 6.04 Å². The SMILES string of the molecule is CCCNC(C)CCc1cc2cc(F)ccc2o1. The lowest BCUT2D eigenvalue weighted by Crippen LogP contribution is -2.26. The smallest absolute Gasteiger partial charge is 0.134 e. The fraction of sp³-hybridized carbons (Fsp3) is 0.467. The number of aryl methyl sites for hydroxylation is 1. The van der Waals surface area contributed by atoms with Crippen molar-refractivity contribution in [2.45, 2.75) is 39.2 Å². The van der Waals surface area contributed by atoms with E-state index in [-0.39, 0.29) is 5.82 Å². The van der Waals surface area contributed by atoms with Gasteiger partial charge < -0.3 is 9.73 Å². The first-order valence-electron chi connectivity index (χ1n) is 6.60. The van der Waals surface area contributed by atoms with Gasteiger partial charge >= 0.3 is 0 Å². The fourth-order valence-electron chi connectivity index (χ4n) is 2.04. The number of fused-ring (bicyclic) bond motifs is 1. The van der Waals surface area contributed by atoms with Crippen molar-refractivity contribution in [2.75, 3.05) is 6.54 Å². The minimum atomic E-state index is -0.215. The molecule has 98 valence electrons. The Bertz CT molecular complexity index is 506. The predicted molar refractivity (Wildman–Crippen MR) is 72.2 cm³/mol. The summed E-state index contributed by atoms with van der Waals surface area (Å²) in [7, 11) is 0. The van der Waals surface area contributed by atoms with E-state index in [1.165, 1.54) is 12.1 Å². The Morgan fingerprint density at radius 3 is 2.94 bits per heavy atom. The molecule has 2 nitrogen and oxygen atoms in total. The molecule has 1 heterocycles. The van der Waals surface area contributed by atoms with E-state index < -0.39 is 0 Å². The Kier molecular flexibility index (Phi) is 4.37. The maximum Gasteiger partial charge on any atom is 0.134 e. The minimum Gasteiger partial charge on any atom is -0.461 e. The summed E-state index contributed by atoms with van der Waals surface area (Å²) >= 11 is 0. The Labute approximate surface area is 107 Å². The maximum absolute atomic E-state index is 13.0. The van der Waals surface area contributed by atoms with E-state index in [9.17, 15) is 4.39 Å². The van der Waals surface area contributed by atoms with Crippen LogP contribution in [0.25, 0.3) is 11.0 Å². The average molecular weight is 249 g/mol. The minimum absolute atomic E-state index is 0.215. The fourth-order valence-corrected chi connectivity index (χ4v) is 2.04. The number of benzene rings is 1. The zero-order chi connectivity index (χ0) is 13.0. The van der Waals surface area contributed by atoms with Gasteiger partial charge in [0.1, 0.15) is 17.2 Å². The zero-order valence-corrected chi connectivity index (χ0v) is 11.0. The standard InChI is InChI=1S/C15H20FNO/c1-3-8-17-11(2)4-6-14-10-12-9-13(16)5-7-15(12)18-14/h5,7,9-11,17H,3-4,6,8H2,1-2H3. The summed E-state index contributed by atoms with van der Waals surface area (Å²) in [6.45, 7) is 5.39. The van der Waals surface area contributed by atoms with Crippen LogP contribution in [0.15, 0.2) is 28.7 Å². The van der Waals surface area contributed by atoms with E-state index in [1.54, 1.807) is 6.07 Å². The van der Waals surface area contributed by atoms with E-state index in [1.807, 2.05) is 6.07 Å². The van der Waals surface area contributed by atoms with Gasteiger partial charge in [-0.05, 0) is 50.6 Å².